The Balaban J connectivity index is 1.09. The van der Waals surface area contributed by atoms with Crippen LogP contribution in [0.4, 0.5) is 15.9 Å². The monoisotopic (exact) mass is 546 g/mol. The van der Waals surface area contributed by atoms with Crippen LogP contribution in [0.25, 0.3) is 21.1 Å². The largest absolute Gasteiger partial charge is 0.349 e. The van der Waals surface area contributed by atoms with Gasteiger partial charge >= 0.3 is 0 Å². The number of para-hydroxylation sites is 1. The predicted octanol–water partition coefficient (Wildman–Crippen LogP) is 6.17. The first-order chi connectivity index (χ1) is 18.5. The van der Waals surface area contributed by atoms with Gasteiger partial charge in [0.2, 0.25) is 0 Å². The summed E-state index contributed by atoms with van der Waals surface area (Å²) in [6.07, 6.45) is 5.08. The molecule has 2 N–H and O–H groups in total. The number of pyridine rings is 1. The predicted molar refractivity (Wildman–Crippen MR) is 150 cm³/mol. The summed E-state index contributed by atoms with van der Waals surface area (Å²) in [6, 6.07) is 16.6. The number of carbonyl (C=O) groups excluding carboxylic acids is 1. The van der Waals surface area contributed by atoms with Gasteiger partial charge in [0, 0.05) is 42.9 Å². The van der Waals surface area contributed by atoms with E-state index < -0.39 is 5.82 Å². The minimum atomic E-state index is -0.490. The van der Waals surface area contributed by atoms with Crippen molar-refractivity contribution < 1.29 is 9.18 Å². The Morgan fingerprint density at radius 3 is 2.74 bits per heavy atom. The number of anilines is 2. The number of benzene rings is 2. The smallest absolute Gasteiger partial charge is 0.261 e. The highest BCUT2D eigenvalue weighted by Crippen LogP contribution is 2.31. The lowest BCUT2D eigenvalue weighted by atomic mass is 10.0. The third-order valence-electron chi connectivity index (χ3n) is 6.79. The lowest BCUT2D eigenvalue weighted by Crippen LogP contribution is -2.44. The molecular weight excluding hydrogens is 523 g/mol. The molecule has 10 heteroatoms. The molecule has 1 fully saturated rings. The van der Waals surface area contributed by atoms with Crippen molar-refractivity contribution in [3.05, 3.63) is 88.4 Å². The van der Waals surface area contributed by atoms with Gasteiger partial charge in [-0.3, -0.25) is 14.7 Å². The maximum atomic E-state index is 13.5. The van der Waals surface area contributed by atoms with Gasteiger partial charge in [0.25, 0.3) is 5.91 Å². The number of hydrogen-bond donors (Lipinski definition) is 2. The molecule has 1 saturated heterocycles. The molecule has 6 rings (SSSR count). The summed E-state index contributed by atoms with van der Waals surface area (Å²) in [5.41, 5.74) is 2.89. The summed E-state index contributed by atoms with van der Waals surface area (Å²) in [7, 11) is 0. The first kappa shape index (κ1) is 24.7. The molecule has 1 aliphatic heterocycles. The highest BCUT2D eigenvalue weighted by Gasteiger charge is 2.23. The molecule has 38 heavy (non-hydrogen) atoms. The quantitative estimate of drug-likeness (QED) is 0.265. The Morgan fingerprint density at radius 1 is 1.05 bits per heavy atom. The Bertz CT molecular complexity index is 1630. The molecular formula is C28H24ClFN6OS. The fourth-order valence-corrected chi connectivity index (χ4v) is 5.89. The Morgan fingerprint density at radius 2 is 1.89 bits per heavy atom. The number of aromatic nitrogens is 3. The molecule has 4 heterocycles. The van der Waals surface area contributed by atoms with Crippen molar-refractivity contribution in [2.45, 2.75) is 25.4 Å². The van der Waals surface area contributed by atoms with E-state index in [-0.39, 0.29) is 17.0 Å². The summed E-state index contributed by atoms with van der Waals surface area (Å²) < 4.78 is 13.5. The molecule has 3 aromatic heterocycles. The molecule has 0 bridgehead atoms. The second kappa shape index (κ2) is 10.6. The Labute approximate surface area is 227 Å². The number of rotatable bonds is 6. The van der Waals surface area contributed by atoms with E-state index in [1.54, 1.807) is 12.1 Å². The fraction of sp³-hybridized carbons (Fsp3) is 0.214. The fourth-order valence-electron chi connectivity index (χ4n) is 4.80. The van der Waals surface area contributed by atoms with Crippen molar-refractivity contribution in [3.8, 4) is 0 Å². The van der Waals surface area contributed by atoms with E-state index in [0.29, 0.717) is 21.2 Å². The minimum Gasteiger partial charge on any atom is -0.349 e. The molecule has 1 aliphatic rings. The van der Waals surface area contributed by atoms with Gasteiger partial charge in [-0.15, -0.1) is 11.3 Å². The van der Waals surface area contributed by atoms with Gasteiger partial charge in [-0.05, 0) is 54.8 Å². The number of carbonyl (C=O) groups is 1. The number of amides is 1. The Hall–Kier alpha value is -3.66. The average Bonchev–Trinajstić information content (AvgIpc) is 3.38. The first-order valence-electron chi connectivity index (χ1n) is 12.4. The lowest BCUT2D eigenvalue weighted by molar-refractivity contribution is 0.0913. The topological polar surface area (TPSA) is 83.0 Å². The standard InChI is InChI=1S/C28H24ClFN6OS/c29-22-13-19(5-6-23(22)30)34-26-21-14-25(38-28(21)33-16-32-26)27(37)35-18-8-11-36(12-9-18)15-17-7-10-31-24-4-2-1-3-20(17)24/h1-7,10,13-14,16,18H,8-9,11-12,15H2,(H,35,37)(H,32,33,34). The van der Waals surface area contributed by atoms with Crippen molar-refractivity contribution in [1.29, 1.82) is 0 Å². The van der Waals surface area contributed by atoms with Crippen molar-refractivity contribution >= 4 is 61.5 Å². The van der Waals surface area contributed by atoms with Crippen molar-refractivity contribution in [3.63, 3.8) is 0 Å². The average molecular weight is 547 g/mol. The van der Waals surface area contributed by atoms with Gasteiger partial charge < -0.3 is 10.6 Å². The number of thiophene rings is 1. The number of halogens is 2. The molecule has 0 unspecified atom stereocenters. The van der Waals surface area contributed by atoms with Crippen LogP contribution in [0.1, 0.15) is 28.1 Å². The lowest BCUT2D eigenvalue weighted by Gasteiger charge is -2.32. The summed E-state index contributed by atoms with van der Waals surface area (Å²) >= 11 is 7.23. The highest BCUT2D eigenvalue weighted by atomic mass is 35.5. The second-order valence-electron chi connectivity index (χ2n) is 9.32. The van der Waals surface area contributed by atoms with Crippen LogP contribution in [-0.4, -0.2) is 44.9 Å². The Kier molecular flexibility index (Phi) is 6.88. The van der Waals surface area contributed by atoms with Crippen LogP contribution in [-0.2, 0) is 6.54 Å². The van der Waals surface area contributed by atoms with E-state index in [2.05, 4.69) is 42.6 Å². The van der Waals surface area contributed by atoms with Crippen LogP contribution in [0.5, 0.6) is 0 Å². The second-order valence-corrected chi connectivity index (χ2v) is 10.8. The maximum absolute atomic E-state index is 13.5. The summed E-state index contributed by atoms with van der Waals surface area (Å²) in [5.74, 6) is -0.0662. The number of likely N-dealkylation sites (tertiary alicyclic amines) is 1. The molecule has 0 spiro atoms. The molecule has 5 aromatic rings. The number of nitrogens with zero attached hydrogens (tertiary/aromatic N) is 4. The zero-order chi connectivity index (χ0) is 26.1. The summed E-state index contributed by atoms with van der Waals surface area (Å²) in [6.45, 7) is 2.69. The van der Waals surface area contributed by atoms with Gasteiger partial charge in [-0.2, -0.15) is 0 Å². The number of hydrogen-bond acceptors (Lipinski definition) is 7. The molecule has 0 radical (unpaired) electrons. The summed E-state index contributed by atoms with van der Waals surface area (Å²) in [4.78, 5) is 29.9. The zero-order valence-electron chi connectivity index (χ0n) is 20.3. The van der Waals surface area contributed by atoms with Crippen molar-refractivity contribution in [1.82, 2.24) is 25.2 Å². The maximum Gasteiger partial charge on any atom is 0.261 e. The van der Waals surface area contributed by atoms with Crippen LogP contribution >= 0.6 is 22.9 Å². The van der Waals surface area contributed by atoms with Crippen molar-refractivity contribution in [2.24, 2.45) is 0 Å². The molecule has 0 saturated carbocycles. The van der Waals surface area contributed by atoms with E-state index >= 15 is 0 Å². The molecule has 192 valence electrons. The molecule has 1 amide bonds. The van der Waals surface area contributed by atoms with Gasteiger partial charge in [0.1, 0.15) is 22.8 Å². The van der Waals surface area contributed by atoms with Crippen LogP contribution in [0.3, 0.4) is 0 Å². The minimum absolute atomic E-state index is 0.0193. The van der Waals surface area contributed by atoms with E-state index in [0.717, 1.165) is 43.4 Å². The molecule has 2 aromatic carbocycles. The van der Waals surface area contributed by atoms with E-state index in [1.165, 1.54) is 40.7 Å². The van der Waals surface area contributed by atoms with Crippen LogP contribution in [0, 0.1) is 5.82 Å². The number of nitrogens with one attached hydrogen (secondary N) is 2. The molecule has 0 atom stereocenters. The number of fused-ring (bicyclic) bond motifs is 2. The van der Waals surface area contributed by atoms with E-state index in [1.807, 2.05) is 24.4 Å². The van der Waals surface area contributed by atoms with E-state index in [4.69, 9.17) is 11.6 Å². The normalized spacial score (nSPS) is 14.7. The van der Waals surface area contributed by atoms with Gasteiger partial charge in [0.15, 0.2) is 0 Å². The highest BCUT2D eigenvalue weighted by molar-refractivity contribution is 7.20. The van der Waals surface area contributed by atoms with Gasteiger partial charge in [-0.25, -0.2) is 14.4 Å². The summed E-state index contributed by atoms with van der Waals surface area (Å²) in [5, 5.41) is 8.28. The van der Waals surface area contributed by atoms with Crippen LogP contribution in [0.2, 0.25) is 5.02 Å². The molecule has 7 nitrogen and oxygen atoms in total. The zero-order valence-corrected chi connectivity index (χ0v) is 21.9. The SMILES string of the molecule is O=C(NC1CCN(Cc2ccnc3ccccc23)CC1)c1cc2c(Nc3ccc(F)c(Cl)c3)ncnc2s1. The van der Waals surface area contributed by atoms with Crippen LogP contribution < -0.4 is 10.6 Å². The first-order valence-corrected chi connectivity index (χ1v) is 13.6. The van der Waals surface area contributed by atoms with Crippen molar-refractivity contribution in [2.75, 3.05) is 18.4 Å². The van der Waals surface area contributed by atoms with Gasteiger partial charge in [-0.1, -0.05) is 29.8 Å². The van der Waals surface area contributed by atoms with E-state index in [9.17, 15) is 9.18 Å². The third-order valence-corrected chi connectivity index (χ3v) is 8.12. The van der Waals surface area contributed by atoms with Gasteiger partial charge in [0.05, 0.1) is 20.8 Å². The van der Waals surface area contributed by atoms with Crippen LogP contribution in [0.15, 0.2) is 67.1 Å². The number of piperidine rings is 1. The third kappa shape index (κ3) is 5.18. The molecule has 0 aliphatic carbocycles.